The highest BCUT2D eigenvalue weighted by Gasteiger charge is 2.79. The molecule has 4 aromatic rings. The van der Waals surface area contributed by atoms with Crippen molar-refractivity contribution >= 4 is 41.4 Å². The molecule has 13 atom stereocenters. The molecule has 18 nitrogen and oxygen atoms in total. The first-order chi connectivity index (χ1) is 34.4. The molecule has 0 amide bonds. The van der Waals surface area contributed by atoms with Crippen LogP contribution in [-0.4, -0.2) is 107 Å². The van der Waals surface area contributed by atoms with Crippen molar-refractivity contribution in [1.29, 1.82) is 0 Å². The van der Waals surface area contributed by atoms with Gasteiger partial charge >= 0.3 is 17.9 Å². The average molecular weight is 1010 g/mol. The SMILES string of the molecule is COc1ccc(C2OC(C(=O)O[C@H]3C[C@@]4(O)[C@@H](OC(=O)c5ccccc5)[C@@H]5[C@]6(OC(C)=O)CO[C@@H]6C[C@H](O)[C@@]5(C)C(=O)C(=O)C(C3C)C4(C)C)[C@H](c3ccccc3)N2Sc2ccccc2OON)c(OC)c1. The summed E-state index contributed by atoms with van der Waals surface area (Å²) >= 11 is 1.18. The largest absolute Gasteiger partial charge is 0.497 e. The van der Waals surface area contributed by atoms with Crippen LogP contribution in [0.4, 0.5) is 0 Å². The number of benzene rings is 4. The normalized spacial score (nSPS) is 33.7. The summed E-state index contributed by atoms with van der Waals surface area (Å²) in [6, 6.07) is 28.2. The van der Waals surface area contributed by atoms with E-state index in [4.69, 9.17) is 43.9 Å². The Morgan fingerprint density at radius 3 is 2.19 bits per heavy atom. The van der Waals surface area contributed by atoms with Crippen molar-refractivity contribution in [3.05, 3.63) is 120 Å². The number of rotatable bonds is 13. The lowest BCUT2D eigenvalue weighted by Crippen LogP contribution is -2.82. The molecule has 4 N–H and O–H groups in total. The number of ketones is 2. The quantitative estimate of drug-likeness (QED) is 0.0357. The van der Waals surface area contributed by atoms with E-state index in [-0.39, 0.29) is 24.3 Å². The fourth-order valence-electron chi connectivity index (χ4n) is 12.1. The van der Waals surface area contributed by atoms with Crippen LogP contribution in [0.15, 0.2) is 108 Å². The molecule has 0 spiro atoms. The van der Waals surface area contributed by atoms with E-state index in [1.165, 1.54) is 52.1 Å². The van der Waals surface area contributed by atoms with Crippen molar-refractivity contribution in [2.45, 2.75) is 106 Å². The van der Waals surface area contributed by atoms with Crippen molar-refractivity contribution in [2.75, 3.05) is 20.8 Å². The van der Waals surface area contributed by atoms with E-state index in [0.717, 1.165) is 0 Å². The molecule has 9 rings (SSSR count). The molecule has 72 heavy (non-hydrogen) atoms. The number of methoxy groups -OCH3 is 2. The second-order valence-electron chi connectivity index (χ2n) is 19.9. The molecule has 3 saturated carbocycles. The van der Waals surface area contributed by atoms with Crippen LogP contribution in [0.5, 0.6) is 17.2 Å². The van der Waals surface area contributed by atoms with Gasteiger partial charge in [-0.2, -0.15) is 5.90 Å². The van der Waals surface area contributed by atoms with Crippen LogP contribution in [0, 0.1) is 28.6 Å². The maximum absolute atomic E-state index is 15.4. The number of para-hydroxylation sites is 1. The number of nitrogens with zero attached hydrogens (tertiary/aromatic N) is 1. The molecule has 4 aromatic carbocycles. The van der Waals surface area contributed by atoms with E-state index >= 15 is 14.4 Å². The van der Waals surface area contributed by atoms with Gasteiger partial charge in [0.05, 0.1) is 54.8 Å². The number of aliphatic hydroxyl groups is 2. The maximum atomic E-state index is 15.4. The molecule has 19 heteroatoms. The van der Waals surface area contributed by atoms with Gasteiger partial charge < -0.3 is 48.3 Å². The van der Waals surface area contributed by atoms with E-state index in [1.807, 2.05) is 34.6 Å². The molecule has 2 heterocycles. The lowest BCUT2D eigenvalue weighted by atomic mass is 9.42. The smallest absolute Gasteiger partial charge is 0.338 e. The third kappa shape index (κ3) is 8.23. The van der Waals surface area contributed by atoms with Crippen molar-refractivity contribution in [1.82, 2.24) is 4.31 Å². The van der Waals surface area contributed by atoms with Crippen LogP contribution in [0.2, 0.25) is 0 Å². The van der Waals surface area contributed by atoms with E-state index in [2.05, 4.69) is 4.99 Å². The number of aliphatic hydroxyl groups excluding tert-OH is 1. The number of esters is 3. The fraction of sp³-hybridized carbons (Fsp3) is 0.453. The molecule has 3 aliphatic carbocycles. The Balaban J connectivity index is 1.17. The number of carbonyl (C=O) groups excluding carboxylic acids is 5. The zero-order valence-corrected chi connectivity index (χ0v) is 41.6. The van der Waals surface area contributed by atoms with Crippen LogP contribution >= 0.6 is 11.9 Å². The molecule has 2 saturated heterocycles. The minimum absolute atomic E-state index is 0.0913. The first-order valence-corrected chi connectivity index (χ1v) is 24.4. The van der Waals surface area contributed by atoms with Crippen molar-refractivity contribution < 1.29 is 77.2 Å². The zero-order chi connectivity index (χ0) is 51.5. The van der Waals surface area contributed by atoms with Gasteiger partial charge in [-0.15, -0.1) is 0 Å². The molecule has 5 fully saturated rings. The highest BCUT2D eigenvalue weighted by atomic mass is 32.2. The van der Waals surface area contributed by atoms with Crippen molar-refractivity contribution in [3.63, 3.8) is 0 Å². The molecule has 382 valence electrons. The van der Waals surface area contributed by atoms with Crippen LogP contribution in [0.1, 0.15) is 81.2 Å². The maximum Gasteiger partial charge on any atom is 0.338 e. The third-order valence-corrected chi connectivity index (χ3v) is 17.0. The summed E-state index contributed by atoms with van der Waals surface area (Å²) in [7, 11) is 3.01. The molecular formula is C53H58N2O16S. The van der Waals surface area contributed by atoms with Crippen LogP contribution < -0.4 is 20.3 Å². The van der Waals surface area contributed by atoms with Gasteiger partial charge in [0.1, 0.15) is 35.4 Å². The van der Waals surface area contributed by atoms with Crippen LogP contribution in [0.25, 0.3) is 0 Å². The summed E-state index contributed by atoms with van der Waals surface area (Å²) in [5.74, 6) is -1.96. The molecule has 2 bridgehead atoms. The van der Waals surface area contributed by atoms with Crippen LogP contribution in [-0.2, 0) is 47.9 Å². The summed E-state index contributed by atoms with van der Waals surface area (Å²) in [5.41, 5.74) is -6.58. The monoisotopic (exact) mass is 1010 g/mol. The van der Waals surface area contributed by atoms with Gasteiger partial charge in [-0.3, -0.25) is 14.4 Å². The first kappa shape index (κ1) is 51.0. The van der Waals surface area contributed by atoms with Gasteiger partial charge in [0, 0.05) is 48.6 Å². The predicted octanol–water partition coefficient (Wildman–Crippen LogP) is 5.83. The van der Waals surface area contributed by atoms with Gasteiger partial charge in [-0.25, -0.2) is 13.9 Å². The van der Waals surface area contributed by atoms with Crippen molar-refractivity contribution in [3.8, 4) is 17.2 Å². The number of ether oxygens (including phenoxy) is 7. The number of fused-ring (bicyclic) bond motifs is 5. The van der Waals surface area contributed by atoms with Gasteiger partial charge in [0.2, 0.25) is 11.6 Å². The highest BCUT2D eigenvalue weighted by Crippen LogP contribution is 2.65. The Hall–Kier alpha value is -5.90. The number of nitrogens with two attached hydrogens (primary N) is 1. The van der Waals surface area contributed by atoms with E-state index in [9.17, 15) is 19.8 Å². The minimum atomic E-state index is -2.35. The van der Waals surface area contributed by atoms with E-state index in [1.54, 1.807) is 81.4 Å². The van der Waals surface area contributed by atoms with Crippen LogP contribution in [0.3, 0.4) is 0 Å². The Labute approximate surface area is 420 Å². The fourth-order valence-corrected chi connectivity index (χ4v) is 13.3. The van der Waals surface area contributed by atoms with Gasteiger partial charge in [0.15, 0.2) is 23.7 Å². The van der Waals surface area contributed by atoms with Gasteiger partial charge in [-0.1, -0.05) is 86.4 Å². The van der Waals surface area contributed by atoms with E-state index < -0.39 is 118 Å². The third-order valence-electron chi connectivity index (χ3n) is 15.8. The number of Topliss-reactive ketones (excluding diaryl/α,β-unsaturated/α-hetero) is 2. The molecule has 0 radical (unpaired) electrons. The second-order valence-corrected chi connectivity index (χ2v) is 20.9. The van der Waals surface area contributed by atoms with E-state index in [0.29, 0.717) is 27.5 Å². The summed E-state index contributed by atoms with van der Waals surface area (Å²) in [4.78, 5) is 83.9. The predicted molar refractivity (Wildman–Crippen MR) is 254 cm³/mol. The summed E-state index contributed by atoms with van der Waals surface area (Å²) in [5, 5.41) is 25.9. The van der Waals surface area contributed by atoms with Gasteiger partial charge in [0.25, 0.3) is 0 Å². The first-order valence-electron chi connectivity index (χ1n) is 23.6. The molecule has 5 aliphatic rings. The average Bonchev–Trinajstić information content (AvgIpc) is 3.74. The number of hydrogen-bond donors (Lipinski definition) is 3. The van der Waals surface area contributed by atoms with Crippen molar-refractivity contribution in [2.24, 2.45) is 34.5 Å². The van der Waals surface area contributed by atoms with Gasteiger partial charge in [-0.05, 0) is 60.8 Å². The Morgan fingerprint density at radius 2 is 1.56 bits per heavy atom. The molecule has 2 aliphatic heterocycles. The molecular weight excluding hydrogens is 953 g/mol. The topological polar surface area (TPSA) is 238 Å². The molecule has 4 unspecified atom stereocenters. The number of carbonyl (C=O) groups is 5. The molecule has 0 aromatic heterocycles. The lowest BCUT2D eigenvalue weighted by Gasteiger charge is -2.67. The summed E-state index contributed by atoms with van der Waals surface area (Å²) in [6.45, 7) is 7.11. The minimum Gasteiger partial charge on any atom is -0.497 e. The standard InChI is InChI=1S/C53H58N2O16S/c1-28-36(66-49(61)43-41(30-16-10-8-11-17-30)55(72-37-21-15-14-20-34(37)70-71-54)47(67-43)33-23-22-32(63-6)24-35(33)64-7)26-53(62)46(68-48(60)31-18-12-9-13-19-31)44-51(5,45(59)42(58)40(28)50(53,3)4)38(57)25-39-52(44,27-65-39)69-29(2)56/h8-24,28,36,38-41,43-44,46-47,57,62H,25-27,54H2,1-7H3/t28?,36-,38-,39+,40?,41-,43?,44-,46-,47?,51+,52-,53+/m0/s1. The Bertz CT molecular complexity index is 2730. The second kappa shape index (κ2) is 19.5. The Kier molecular flexibility index (Phi) is 13.8. The number of hydrogen-bond acceptors (Lipinski definition) is 19. The summed E-state index contributed by atoms with van der Waals surface area (Å²) < 4.78 is 45.2. The lowest BCUT2D eigenvalue weighted by molar-refractivity contribution is -0.350. The summed E-state index contributed by atoms with van der Waals surface area (Å²) in [6.07, 6.45) is -8.87. The zero-order valence-electron chi connectivity index (χ0n) is 40.8. The highest BCUT2D eigenvalue weighted by molar-refractivity contribution is 7.97. The Morgan fingerprint density at radius 1 is 0.875 bits per heavy atom.